The minimum absolute atomic E-state index is 0.0650. The number of aliphatic hydroxyl groups excluding tert-OH is 3. The van der Waals surface area contributed by atoms with E-state index in [0.717, 1.165) is 26.4 Å². The highest BCUT2D eigenvalue weighted by atomic mass is 16.4. The zero-order chi connectivity index (χ0) is 19.0. The molecule has 0 unspecified atom stereocenters. The third-order valence-corrected chi connectivity index (χ3v) is 4.85. The van der Waals surface area contributed by atoms with E-state index in [1.165, 1.54) is 6.07 Å². The Balaban J connectivity index is 0.00000151. The van der Waals surface area contributed by atoms with E-state index >= 15 is 0 Å². The van der Waals surface area contributed by atoms with Crippen molar-refractivity contribution in [2.24, 2.45) is 0 Å². The number of carboxylic acids is 1. The van der Waals surface area contributed by atoms with Crippen molar-refractivity contribution in [1.82, 2.24) is 0 Å². The maximum atomic E-state index is 11.9. The maximum absolute atomic E-state index is 11.9. The summed E-state index contributed by atoms with van der Waals surface area (Å²) in [6.45, 7) is 1.22. The van der Waals surface area contributed by atoms with Crippen molar-refractivity contribution in [2.45, 2.75) is 50.9 Å². The van der Waals surface area contributed by atoms with E-state index in [9.17, 15) is 20.1 Å². The van der Waals surface area contributed by atoms with Gasteiger partial charge in [-0.3, -0.25) is 4.79 Å². The highest BCUT2D eigenvalue weighted by Gasteiger charge is 2.41. The Kier molecular flexibility index (Phi) is 7.93. The molecule has 2 rings (SSSR count). The summed E-state index contributed by atoms with van der Waals surface area (Å²) >= 11 is 0. The molecule has 5 N–H and O–H groups in total. The number of carbonyl (C=O) groups is 1. The molecule has 1 fully saturated rings. The largest absolute Gasteiger partial charge is 0.510 e. The molecule has 1 saturated carbocycles. The lowest BCUT2D eigenvalue weighted by Crippen LogP contribution is -2.37. The molecule has 0 bridgehead atoms. The molecule has 6 nitrogen and oxygen atoms in total. The molecular weight excluding hydrogens is 324 g/mol. The Morgan fingerprint density at radius 2 is 1.72 bits per heavy atom. The van der Waals surface area contributed by atoms with E-state index in [2.05, 4.69) is 0 Å². The maximum Gasteiger partial charge on any atom is 0.314 e. The number of rotatable bonds is 5. The summed E-state index contributed by atoms with van der Waals surface area (Å²) in [4.78, 5) is 11.9. The molecule has 0 aliphatic heterocycles. The summed E-state index contributed by atoms with van der Waals surface area (Å²) in [5, 5.41) is 45.4. The Morgan fingerprint density at radius 3 is 2.24 bits per heavy atom. The van der Waals surface area contributed by atoms with E-state index in [4.69, 9.17) is 10.2 Å². The van der Waals surface area contributed by atoms with E-state index in [-0.39, 0.29) is 17.9 Å². The van der Waals surface area contributed by atoms with Gasteiger partial charge >= 0.3 is 5.97 Å². The molecule has 0 radical (unpaired) electrons. The minimum atomic E-state index is -0.892. The fraction of sp³-hybridized carbons (Fsp3) is 0.526. The van der Waals surface area contributed by atoms with E-state index < -0.39 is 18.0 Å². The van der Waals surface area contributed by atoms with Gasteiger partial charge in [-0.25, -0.2) is 0 Å². The first kappa shape index (κ1) is 21.0. The van der Waals surface area contributed by atoms with Crippen LogP contribution in [0.1, 0.15) is 50.2 Å². The van der Waals surface area contributed by atoms with Crippen LogP contribution >= 0.6 is 0 Å². The minimum Gasteiger partial charge on any atom is -0.510 e. The average molecular weight is 352 g/mol. The third-order valence-electron chi connectivity index (χ3n) is 4.85. The number of phenolic OH excluding ortho intramolecular Hbond substituents is 1. The second kappa shape index (κ2) is 9.44. The number of carboxylic acid groups (broad SMARTS) is 1. The number of aliphatic carboxylic acids is 1. The van der Waals surface area contributed by atoms with Crippen LogP contribution in [0.4, 0.5) is 0 Å². The summed E-state index contributed by atoms with van der Waals surface area (Å²) in [6.07, 6.45) is 4.28. The van der Waals surface area contributed by atoms with E-state index in [0.29, 0.717) is 29.5 Å². The van der Waals surface area contributed by atoms with Gasteiger partial charge in [0.25, 0.3) is 0 Å². The van der Waals surface area contributed by atoms with Crippen LogP contribution in [0.25, 0.3) is 0 Å². The molecule has 140 valence electrons. The molecule has 0 atom stereocenters. The van der Waals surface area contributed by atoms with Crippen LogP contribution in [0.15, 0.2) is 29.5 Å². The lowest BCUT2D eigenvalue weighted by atomic mass is 9.69. The highest BCUT2D eigenvalue weighted by Crippen LogP contribution is 2.41. The quantitative estimate of drug-likeness (QED) is 0.520. The molecule has 1 aromatic carbocycles. The normalized spacial score (nSPS) is 17.1. The molecule has 25 heavy (non-hydrogen) atoms. The zero-order valence-corrected chi connectivity index (χ0v) is 14.8. The molecule has 0 saturated heterocycles. The Morgan fingerprint density at radius 1 is 1.12 bits per heavy atom. The Labute approximate surface area is 148 Å². The van der Waals surface area contributed by atoms with Crippen molar-refractivity contribution in [1.29, 1.82) is 0 Å². The van der Waals surface area contributed by atoms with Crippen LogP contribution in [-0.4, -0.2) is 45.2 Å². The van der Waals surface area contributed by atoms with Gasteiger partial charge in [0.05, 0.1) is 5.41 Å². The predicted octanol–water partition coefficient (Wildman–Crippen LogP) is 2.65. The topological polar surface area (TPSA) is 118 Å². The van der Waals surface area contributed by atoms with E-state index in [1.807, 2.05) is 0 Å². The molecule has 1 aliphatic carbocycles. The van der Waals surface area contributed by atoms with Crippen molar-refractivity contribution in [3.8, 4) is 5.75 Å². The number of aliphatic hydroxyl groups is 3. The van der Waals surface area contributed by atoms with Crippen LogP contribution in [0.3, 0.4) is 0 Å². The first-order valence-corrected chi connectivity index (χ1v) is 8.39. The van der Waals surface area contributed by atoms with Crippen LogP contribution in [0.2, 0.25) is 0 Å². The summed E-state index contributed by atoms with van der Waals surface area (Å²) in [5.41, 5.74) is 0.921. The molecule has 1 aromatic rings. The fourth-order valence-electron chi connectivity index (χ4n) is 3.33. The molecule has 0 heterocycles. The van der Waals surface area contributed by atoms with Crippen LogP contribution in [-0.2, 0) is 16.6 Å². The second-order valence-electron chi connectivity index (χ2n) is 6.35. The van der Waals surface area contributed by atoms with Gasteiger partial charge in [0, 0.05) is 13.5 Å². The van der Waals surface area contributed by atoms with Crippen molar-refractivity contribution < 1.29 is 30.3 Å². The number of hydrogen-bond donors (Lipinski definition) is 5. The van der Waals surface area contributed by atoms with Gasteiger partial charge in [-0.1, -0.05) is 31.4 Å². The molecular formula is C19H28O6. The third kappa shape index (κ3) is 4.74. The van der Waals surface area contributed by atoms with Gasteiger partial charge in [-0.05, 0) is 42.5 Å². The molecule has 1 aliphatic rings. The van der Waals surface area contributed by atoms with Gasteiger partial charge in [0.1, 0.15) is 18.1 Å². The van der Waals surface area contributed by atoms with Crippen LogP contribution < -0.4 is 0 Å². The van der Waals surface area contributed by atoms with Gasteiger partial charge < -0.3 is 25.5 Å². The average Bonchev–Trinajstić information content (AvgIpc) is 2.64. The lowest BCUT2D eigenvalue weighted by Gasteiger charge is -2.34. The van der Waals surface area contributed by atoms with Crippen molar-refractivity contribution >= 4 is 5.97 Å². The lowest BCUT2D eigenvalue weighted by molar-refractivity contribution is -0.145. The molecule has 0 aromatic heterocycles. The Bertz CT molecular complexity index is 614. The SMILES string of the molecule is CC(Cc1cc(C2(C(=O)O)CCCCC2)ccc1O)=C(O)CO.CO. The number of benzene rings is 1. The number of allylic oxidation sites excluding steroid dienone is 1. The van der Waals surface area contributed by atoms with Gasteiger partial charge in [-0.2, -0.15) is 0 Å². The fourth-order valence-corrected chi connectivity index (χ4v) is 3.33. The number of hydrogen-bond acceptors (Lipinski definition) is 5. The van der Waals surface area contributed by atoms with Crippen molar-refractivity contribution in [3.63, 3.8) is 0 Å². The molecule has 6 heteroatoms. The summed E-state index contributed by atoms with van der Waals surface area (Å²) in [6, 6.07) is 4.93. The molecule has 0 spiro atoms. The Hall–Kier alpha value is -2.05. The second-order valence-corrected chi connectivity index (χ2v) is 6.35. The van der Waals surface area contributed by atoms with E-state index in [1.54, 1.807) is 19.1 Å². The van der Waals surface area contributed by atoms with Gasteiger partial charge in [-0.15, -0.1) is 0 Å². The summed E-state index contributed by atoms with van der Waals surface area (Å²) < 4.78 is 0. The first-order chi connectivity index (χ1) is 11.9. The number of aromatic hydroxyl groups is 1. The summed E-state index contributed by atoms with van der Waals surface area (Å²) in [7, 11) is 1.00. The predicted molar refractivity (Wildman–Crippen MR) is 94.8 cm³/mol. The zero-order valence-electron chi connectivity index (χ0n) is 14.8. The monoisotopic (exact) mass is 352 g/mol. The van der Waals surface area contributed by atoms with Gasteiger partial charge in [0.15, 0.2) is 0 Å². The van der Waals surface area contributed by atoms with Gasteiger partial charge in [0.2, 0.25) is 0 Å². The van der Waals surface area contributed by atoms with Crippen LogP contribution in [0.5, 0.6) is 5.75 Å². The summed E-state index contributed by atoms with van der Waals surface area (Å²) in [5.74, 6) is -0.880. The van der Waals surface area contributed by atoms with Crippen molar-refractivity contribution in [3.05, 3.63) is 40.7 Å². The first-order valence-electron chi connectivity index (χ1n) is 8.39. The smallest absolute Gasteiger partial charge is 0.314 e. The van der Waals surface area contributed by atoms with Crippen molar-refractivity contribution in [2.75, 3.05) is 13.7 Å². The molecule has 0 amide bonds. The standard InChI is InChI=1S/C18H24O5.CH4O/c1-12(16(21)11-19)9-13-10-14(5-6-15(13)20)18(17(22)23)7-3-2-4-8-18;1-2/h5-6,10,19-21H,2-4,7-9,11H2,1H3,(H,22,23);2H,1H3. The van der Waals surface area contributed by atoms with Crippen LogP contribution in [0, 0.1) is 0 Å². The number of phenols is 1. The highest BCUT2D eigenvalue weighted by molar-refractivity contribution is 5.81.